The first-order valence-corrected chi connectivity index (χ1v) is 6.02. The maximum absolute atomic E-state index is 5.18. The molecule has 1 rings (SSSR count). The molecule has 2 heteroatoms. The van der Waals surface area contributed by atoms with E-state index in [1.807, 2.05) is 23.0 Å². The smallest absolute Gasteiger partial charge is 0.109 e. The molecule has 78 valence electrons. The Hall–Kier alpha value is -0.0900. The monoisotopic (exact) mass is 304 g/mol. The van der Waals surface area contributed by atoms with Gasteiger partial charge < -0.3 is 3.07 Å². The molecule has 0 amide bonds. The van der Waals surface area contributed by atoms with Crippen molar-refractivity contribution in [3.05, 3.63) is 35.4 Å². The van der Waals surface area contributed by atoms with Gasteiger partial charge in [0.25, 0.3) is 0 Å². The Morgan fingerprint density at radius 1 is 1.21 bits per heavy atom. The van der Waals surface area contributed by atoms with Gasteiger partial charge in [0.15, 0.2) is 0 Å². The van der Waals surface area contributed by atoms with Crippen LogP contribution in [0, 0.1) is 0 Å². The van der Waals surface area contributed by atoms with E-state index in [2.05, 4.69) is 38.1 Å². The standard InChI is InChI=1S/C12H17IO/c1-3-10-5-7-12(8-6-10)11(4-2)9-14-13/h5-8,11H,3-4,9H2,1-2H3. The highest BCUT2D eigenvalue weighted by Crippen LogP contribution is 2.21. The third-order valence-electron chi connectivity index (χ3n) is 2.62. The van der Waals surface area contributed by atoms with Crippen LogP contribution in [0.2, 0.25) is 0 Å². The average Bonchev–Trinajstić information content (AvgIpc) is 2.26. The summed E-state index contributed by atoms with van der Waals surface area (Å²) in [7, 11) is 0. The maximum atomic E-state index is 5.18. The van der Waals surface area contributed by atoms with Crippen molar-refractivity contribution in [2.45, 2.75) is 32.6 Å². The molecule has 0 N–H and O–H groups in total. The first-order chi connectivity index (χ1) is 6.81. The summed E-state index contributed by atoms with van der Waals surface area (Å²) in [5, 5.41) is 0. The van der Waals surface area contributed by atoms with E-state index in [-0.39, 0.29) is 0 Å². The fraction of sp³-hybridized carbons (Fsp3) is 0.500. The average molecular weight is 304 g/mol. The highest BCUT2D eigenvalue weighted by Gasteiger charge is 2.08. The van der Waals surface area contributed by atoms with Gasteiger partial charge in [-0.2, -0.15) is 0 Å². The summed E-state index contributed by atoms with van der Waals surface area (Å²) in [6.07, 6.45) is 2.24. The maximum Gasteiger partial charge on any atom is 0.109 e. The Bertz CT molecular complexity index is 256. The van der Waals surface area contributed by atoms with Crippen molar-refractivity contribution in [2.75, 3.05) is 6.61 Å². The predicted octanol–water partition coefficient (Wildman–Crippen LogP) is 4.11. The van der Waals surface area contributed by atoms with Gasteiger partial charge in [0, 0.05) is 5.92 Å². The molecule has 1 aromatic rings. The molecule has 0 aliphatic carbocycles. The molecule has 0 bridgehead atoms. The van der Waals surface area contributed by atoms with Crippen molar-refractivity contribution < 1.29 is 3.07 Å². The Labute approximate surface area is 101 Å². The Morgan fingerprint density at radius 2 is 1.86 bits per heavy atom. The molecule has 1 atom stereocenters. The van der Waals surface area contributed by atoms with Gasteiger partial charge in [-0.05, 0) is 24.0 Å². The van der Waals surface area contributed by atoms with Gasteiger partial charge in [0.1, 0.15) is 23.0 Å². The van der Waals surface area contributed by atoms with Crippen molar-refractivity contribution in [3.63, 3.8) is 0 Å². The minimum Gasteiger partial charge on any atom is -0.315 e. The van der Waals surface area contributed by atoms with E-state index in [9.17, 15) is 0 Å². The molecule has 0 spiro atoms. The molecule has 1 aromatic carbocycles. The van der Waals surface area contributed by atoms with Crippen LogP contribution in [0.15, 0.2) is 24.3 Å². The van der Waals surface area contributed by atoms with Gasteiger partial charge in [0.05, 0.1) is 6.61 Å². The van der Waals surface area contributed by atoms with Crippen molar-refractivity contribution in [2.24, 2.45) is 0 Å². The Morgan fingerprint density at radius 3 is 2.29 bits per heavy atom. The SMILES string of the molecule is CCc1ccc(C(CC)COI)cc1. The van der Waals surface area contributed by atoms with Gasteiger partial charge in [-0.15, -0.1) is 0 Å². The molecule has 0 radical (unpaired) electrons. The zero-order valence-corrected chi connectivity index (χ0v) is 11.0. The summed E-state index contributed by atoms with van der Waals surface area (Å²) >= 11 is 1.97. The van der Waals surface area contributed by atoms with E-state index in [0.717, 1.165) is 19.4 Å². The molecule has 0 saturated carbocycles. The minimum atomic E-state index is 0.540. The topological polar surface area (TPSA) is 9.23 Å². The first-order valence-electron chi connectivity index (χ1n) is 5.14. The van der Waals surface area contributed by atoms with Gasteiger partial charge in [0.2, 0.25) is 0 Å². The largest absolute Gasteiger partial charge is 0.315 e. The highest BCUT2D eigenvalue weighted by molar-refractivity contribution is 14.1. The van der Waals surface area contributed by atoms with Gasteiger partial charge in [-0.1, -0.05) is 38.1 Å². The van der Waals surface area contributed by atoms with Crippen LogP contribution in [0.3, 0.4) is 0 Å². The Kier molecular flexibility index (Phi) is 5.48. The normalized spacial score (nSPS) is 12.8. The molecular weight excluding hydrogens is 287 g/mol. The summed E-state index contributed by atoms with van der Waals surface area (Å²) in [6, 6.07) is 8.88. The van der Waals surface area contributed by atoms with Crippen LogP contribution in [0.1, 0.15) is 37.3 Å². The molecule has 0 aliphatic rings. The Balaban J connectivity index is 2.73. The second kappa shape index (κ2) is 6.40. The number of hydrogen-bond donors (Lipinski definition) is 0. The van der Waals surface area contributed by atoms with Crippen LogP contribution in [-0.4, -0.2) is 6.61 Å². The van der Waals surface area contributed by atoms with E-state index in [0.29, 0.717) is 5.92 Å². The van der Waals surface area contributed by atoms with Crippen molar-refractivity contribution >= 4 is 23.0 Å². The third kappa shape index (κ3) is 3.24. The number of hydrogen-bond acceptors (Lipinski definition) is 1. The van der Waals surface area contributed by atoms with Gasteiger partial charge >= 0.3 is 0 Å². The summed E-state index contributed by atoms with van der Waals surface area (Å²) in [6.45, 7) is 5.19. The molecule has 0 saturated heterocycles. The van der Waals surface area contributed by atoms with E-state index in [1.165, 1.54) is 11.1 Å². The molecular formula is C12H17IO. The highest BCUT2D eigenvalue weighted by atomic mass is 127. The van der Waals surface area contributed by atoms with Gasteiger partial charge in [-0.25, -0.2) is 0 Å². The van der Waals surface area contributed by atoms with Gasteiger partial charge in [-0.3, -0.25) is 0 Å². The number of benzene rings is 1. The predicted molar refractivity (Wildman–Crippen MR) is 68.8 cm³/mol. The second-order valence-electron chi connectivity index (χ2n) is 3.48. The third-order valence-corrected chi connectivity index (χ3v) is 2.98. The lowest BCUT2D eigenvalue weighted by atomic mass is 9.96. The van der Waals surface area contributed by atoms with Crippen LogP contribution >= 0.6 is 23.0 Å². The molecule has 0 heterocycles. The molecule has 0 aliphatic heterocycles. The molecule has 1 unspecified atom stereocenters. The van der Waals surface area contributed by atoms with E-state index >= 15 is 0 Å². The molecule has 0 aromatic heterocycles. The summed E-state index contributed by atoms with van der Waals surface area (Å²) in [4.78, 5) is 0. The zero-order valence-electron chi connectivity index (χ0n) is 8.79. The lowest BCUT2D eigenvalue weighted by Crippen LogP contribution is -2.03. The fourth-order valence-electron chi connectivity index (χ4n) is 1.55. The van der Waals surface area contributed by atoms with Crippen LogP contribution in [0.5, 0.6) is 0 Å². The minimum absolute atomic E-state index is 0.540. The van der Waals surface area contributed by atoms with Crippen LogP contribution in [0.25, 0.3) is 0 Å². The van der Waals surface area contributed by atoms with Crippen LogP contribution in [0.4, 0.5) is 0 Å². The molecule has 14 heavy (non-hydrogen) atoms. The van der Waals surface area contributed by atoms with E-state index < -0.39 is 0 Å². The first kappa shape index (κ1) is 12.0. The van der Waals surface area contributed by atoms with Crippen molar-refractivity contribution in [3.8, 4) is 0 Å². The van der Waals surface area contributed by atoms with Crippen molar-refractivity contribution in [1.29, 1.82) is 0 Å². The van der Waals surface area contributed by atoms with Crippen molar-refractivity contribution in [1.82, 2.24) is 0 Å². The lowest BCUT2D eigenvalue weighted by Gasteiger charge is -2.13. The summed E-state index contributed by atoms with van der Waals surface area (Å²) < 4.78 is 5.18. The number of halogens is 1. The lowest BCUT2D eigenvalue weighted by molar-refractivity contribution is 0.374. The molecule has 0 fully saturated rings. The molecule has 1 nitrogen and oxygen atoms in total. The second-order valence-corrected chi connectivity index (χ2v) is 4.10. The van der Waals surface area contributed by atoms with Crippen LogP contribution in [-0.2, 0) is 9.49 Å². The summed E-state index contributed by atoms with van der Waals surface area (Å²) in [5.41, 5.74) is 2.79. The quantitative estimate of drug-likeness (QED) is 0.744. The fourth-order valence-corrected chi connectivity index (χ4v) is 1.99. The number of rotatable bonds is 5. The van der Waals surface area contributed by atoms with Crippen LogP contribution < -0.4 is 0 Å². The summed E-state index contributed by atoms with van der Waals surface area (Å²) in [5.74, 6) is 0.540. The zero-order chi connectivity index (χ0) is 10.4. The van der Waals surface area contributed by atoms with E-state index in [4.69, 9.17) is 3.07 Å². The number of aryl methyl sites for hydroxylation is 1. The van der Waals surface area contributed by atoms with E-state index in [1.54, 1.807) is 0 Å².